The number of hydrogen-bond donors (Lipinski definition) is 0. The van der Waals surface area contributed by atoms with Crippen molar-refractivity contribution in [2.75, 3.05) is 34.0 Å². The van der Waals surface area contributed by atoms with Crippen LogP contribution in [0.5, 0.6) is 17.2 Å². The van der Waals surface area contributed by atoms with Gasteiger partial charge in [-0.15, -0.1) is 0 Å². The molecular formula is C24H30O6. The van der Waals surface area contributed by atoms with Gasteiger partial charge in [0, 0.05) is 19.1 Å². The van der Waals surface area contributed by atoms with Crippen LogP contribution in [0.2, 0.25) is 0 Å². The van der Waals surface area contributed by atoms with E-state index >= 15 is 0 Å². The van der Waals surface area contributed by atoms with E-state index in [0.717, 1.165) is 28.4 Å². The molecule has 2 aromatic rings. The number of rotatable bonds is 12. The Morgan fingerprint density at radius 1 is 0.933 bits per heavy atom. The fraction of sp³-hybridized carbons (Fsp3) is 0.375. The van der Waals surface area contributed by atoms with Crippen molar-refractivity contribution in [1.29, 1.82) is 0 Å². The van der Waals surface area contributed by atoms with Gasteiger partial charge in [-0.25, -0.2) is 4.79 Å². The Labute approximate surface area is 178 Å². The van der Waals surface area contributed by atoms with Crippen LogP contribution in [0.25, 0.3) is 6.08 Å². The molecule has 0 bridgehead atoms. The van der Waals surface area contributed by atoms with Gasteiger partial charge in [0.05, 0.1) is 20.8 Å². The molecule has 1 atom stereocenters. The molecule has 0 aromatic heterocycles. The number of methoxy groups -OCH3 is 2. The summed E-state index contributed by atoms with van der Waals surface area (Å²) in [5.41, 5.74) is 1.94. The van der Waals surface area contributed by atoms with Crippen LogP contribution >= 0.6 is 0 Å². The lowest BCUT2D eigenvalue weighted by atomic mass is 10.1. The molecular weight excluding hydrogens is 384 g/mol. The average Bonchev–Trinajstić information content (AvgIpc) is 2.77. The van der Waals surface area contributed by atoms with E-state index in [4.69, 9.17) is 23.7 Å². The molecule has 0 spiro atoms. The van der Waals surface area contributed by atoms with Gasteiger partial charge in [-0.2, -0.15) is 0 Å². The van der Waals surface area contributed by atoms with Gasteiger partial charge in [0.15, 0.2) is 6.10 Å². The monoisotopic (exact) mass is 414 g/mol. The zero-order valence-electron chi connectivity index (χ0n) is 18.1. The smallest absolute Gasteiger partial charge is 0.335 e. The van der Waals surface area contributed by atoms with E-state index in [-0.39, 0.29) is 5.97 Å². The van der Waals surface area contributed by atoms with Crippen molar-refractivity contribution in [2.45, 2.75) is 26.4 Å². The van der Waals surface area contributed by atoms with E-state index in [1.165, 1.54) is 0 Å². The minimum atomic E-state index is -0.593. The Hall–Kier alpha value is -2.99. The highest BCUT2D eigenvalue weighted by Gasteiger charge is 2.20. The summed E-state index contributed by atoms with van der Waals surface area (Å²) in [5.74, 6) is 1.88. The fourth-order valence-electron chi connectivity index (χ4n) is 2.84. The van der Waals surface area contributed by atoms with Crippen LogP contribution in [0.4, 0.5) is 0 Å². The highest BCUT2D eigenvalue weighted by molar-refractivity contribution is 5.75. The highest BCUT2D eigenvalue weighted by atomic mass is 16.6. The number of hydrogen-bond acceptors (Lipinski definition) is 6. The summed E-state index contributed by atoms with van der Waals surface area (Å²) in [6, 6.07) is 13.3. The summed E-state index contributed by atoms with van der Waals surface area (Å²) >= 11 is 0. The maximum Gasteiger partial charge on any atom is 0.335 e. The standard InChI is InChI=1S/C24H30O6/c1-5-28-23(24(25)29-6-2)16-18-9-11-20(12-10-18)30-13-7-8-19-14-21(26-3)17-22(15-19)27-4/h7-12,14-15,17,23H,5-6,13,16H2,1-4H3/b8-7+. The van der Waals surface area contributed by atoms with Gasteiger partial charge in [0.1, 0.15) is 23.9 Å². The second kappa shape index (κ2) is 12.5. The van der Waals surface area contributed by atoms with Gasteiger partial charge in [0.25, 0.3) is 0 Å². The first-order valence-electron chi connectivity index (χ1n) is 9.99. The molecule has 2 rings (SSSR count). The van der Waals surface area contributed by atoms with Crippen LogP contribution < -0.4 is 14.2 Å². The van der Waals surface area contributed by atoms with Gasteiger partial charge < -0.3 is 23.7 Å². The lowest BCUT2D eigenvalue weighted by Crippen LogP contribution is -2.28. The largest absolute Gasteiger partial charge is 0.497 e. The number of esters is 1. The normalized spacial score (nSPS) is 11.9. The first kappa shape index (κ1) is 23.3. The zero-order chi connectivity index (χ0) is 21.8. The van der Waals surface area contributed by atoms with Crippen LogP contribution in [0.15, 0.2) is 48.5 Å². The quantitative estimate of drug-likeness (QED) is 0.483. The van der Waals surface area contributed by atoms with Crippen LogP contribution in [0.1, 0.15) is 25.0 Å². The van der Waals surface area contributed by atoms with Gasteiger partial charge >= 0.3 is 5.97 Å². The SMILES string of the molecule is CCOC(=O)C(Cc1ccc(OC/C=C/c2cc(OC)cc(OC)c2)cc1)OCC. The Morgan fingerprint density at radius 3 is 2.17 bits per heavy atom. The lowest BCUT2D eigenvalue weighted by Gasteiger charge is -2.15. The molecule has 6 nitrogen and oxygen atoms in total. The minimum Gasteiger partial charge on any atom is -0.497 e. The van der Waals surface area contributed by atoms with Crippen molar-refractivity contribution >= 4 is 12.0 Å². The van der Waals surface area contributed by atoms with E-state index in [9.17, 15) is 4.79 Å². The zero-order valence-corrected chi connectivity index (χ0v) is 18.1. The number of ether oxygens (including phenoxy) is 5. The third kappa shape index (κ3) is 7.44. The van der Waals surface area contributed by atoms with Crippen LogP contribution in [-0.4, -0.2) is 46.1 Å². The summed E-state index contributed by atoms with van der Waals surface area (Å²) < 4.78 is 26.9. The summed E-state index contributed by atoms with van der Waals surface area (Å²) in [7, 11) is 3.25. The molecule has 0 aliphatic heterocycles. The minimum absolute atomic E-state index is 0.334. The number of benzene rings is 2. The highest BCUT2D eigenvalue weighted by Crippen LogP contribution is 2.23. The number of carbonyl (C=O) groups excluding carboxylic acids is 1. The Balaban J connectivity index is 1.90. The van der Waals surface area contributed by atoms with Gasteiger partial charge in [-0.1, -0.05) is 18.2 Å². The van der Waals surface area contributed by atoms with Gasteiger partial charge in [0.2, 0.25) is 0 Å². The van der Waals surface area contributed by atoms with E-state index in [1.807, 2.05) is 61.5 Å². The predicted octanol–water partition coefficient (Wildman–Crippen LogP) is 4.31. The molecule has 0 N–H and O–H groups in total. The third-order valence-corrected chi connectivity index (χ3v) is 4.29. The topological polar surface area (TPSA) is 63.2 Å². The Kier molecular flexibility index (Phi) is 9.74. The van der Waals surface area contributed by atoms with E-state index in [2.05, 4.69) is 0 Å². The fourth-order valence-corrected chi connectivity index (χ4v) is 2.84. The average molecular weight is 414 g/mol. The molecule has 30 heavy (non-hydrogen) atoms. The molecule has 6 heteroatoms. The Morgan fingerprint density at radius 2 is 1.60 bits per heavy atom. The molecule has 0 amide bonds. The lowest BCUT2D eigenvalue weighted by molar-refractivity contribution is -0.156. The molecule has 0 radical (unpaired) electrons. The molecule has 2 aromatic carbocycles. The van der Waals surface area contributed by atoms with E-state index < -0.39 is 6.10 Å². The van der Waals surface area contributed by atoms with Crippen LogP contribution in [0.3, 0.4) is 0 Å². The maximum atomic E-state index is 12.0. The third-order valence-electron chi connectivity index (χ3n) is 4.29. The summed E-state index contributed by atoms with van der Waals surface area (Å²) in [6.45, 7) is 4.86. The van der Waals surface area contributed by atoms with Crippen LogP contribution in [0, 0.1) is 0 Å². The molecule has 0 aliphatic rings. The first-order chi connectivity index (χ1) is 14.6. The molecule has 0 fully saturated rings. The van der Waals surface area contributed by atoms with Crippen molar-refractivity contribution < 1.29 is 28.5 Å². The summed E-state index contributed by atoms with van der Waals surface area (Å²) in [5, 5.41) is 0. The van der Waals surface area contributed by atoms with Crippen molar-refractivity contribution in [3.63, 3.8) is 0 Å². The van der Waals surface area contributed by atoms with Gasteiger partial charge in [-0.3, -0.25) is 0 Å². The molecule has 0 heterocycles. The van der Waals surface area contributed by atoms with Crippen molar-refractivity contribution in [2.24, 2.45) is 0 Å². The van der Waals surface area contributed by atoms with Crippen molar-refractivity contribution in [1.82, 2.24) is 0 Å². The molecule has 0 saturated carbocycles. The number of carbonyl (C=O) groups is 1. The molecule has 0 saturated heterocycles. The Bertz CT molecular complexity index is 791. The maximum absolute atomic E-state index is 12.0. The second-order valence-corrected chi connectivity index (χ2v) is 6.40. The van der Waals surface area contributed by atoms with Gasteiger partial charge in [-0.05, 0) is 55.3 Å². The summed E-state index contributed by atoms with van der Waals surface area (Å²) in [6.07, 6.45) is 3.74. The molecule has 162 valence electrons. The van der Waals surface area contributed by atoms with Crippen molar-refractivity contribution in [3.8, 4) is 17.2 Å². The van der Waals surface area contributed by atoms with Crippen LogP contribution in [-0.2, 0) is 20.7 Å². The predicted molar refractivity (Wildman–Crippen MR) is 116 cm³/mol. The molecule has 1 unspecified atom stereocenters. The summed E-state index contributed by atoms with van der Waals surface area (Å²) in [4.78, 5) is 12.0. The second-order valence-electron chi connectivity index (χ2n) is 6.40. The van der Waals surface area contributed by atoms with Crippen molar-refractivity contribution in [3.05, 3.63) is 59.7 Å². The van der Waals surface area contributed by atoms with E-state index in [1.54, 1.807) is 21.1 Å². The van der Waals surface area contributed by atoms with E-state index in [0.29, 0.717) is 26.2 Å². The molecule has 0 aliphatic carbocycles. The first-order valence-corrected chi connectivity index (χ1v) is 9.99.